The van der Waals surface area contributed by atoms with Crippen LogP contribution in [0.15, 0.2) is 49.2 Å². The molecule has 2 heterocycles. The number of rotatable bonds is 3. The molecule has 3 rings (SSSR count). The van der Waals surface area contributed by atoms with E-state index in [1.54, 1.807) is 12.1 Å². The molecular formula is C14H10N4O6. The topological polar surface area (TPSA) is 161 Å². The van der Waals surface area contributed by atoms with Crippen molar-refractivity contribution in [1.82, 2.24) is 15.1 Å². The van der Waals surface area contributed by atoms with E-state index in [0.717, 1.165) is 0 Å². The van der Waals surface area contributed by atoms with Gasteiger partial charge in [-0.05, 0) is 12.1 Å². The second kappa shape index (κ2) is 5.76. The van der Waals surface area contributed by atoms with E-state index in [-0.39, 0.29) is 0 Å². The minimum atomic E-state index is -1.01. The molecule has 3 aromatic rings. The zero-order valence-corrected chi connectivity index (χ0v) is 11.9. The van der Waals surface area contributed by atoms with Gasteiger partial charge in [-0.25, -0.2) is 14.7 Å². The van der Waals surface area contributed by atoms with Gasteiger partial charge in [0.2, 0.25) is 5.88 Å². The largest absolute Gasteiger partial charge is 0.494 e. The summed E-state index contributed by atoms with van der Waals surface area (Å²) in [5, 5.41) is 14.4. The minimum Gasteiger partial charge on any atom is -0.494 e. The second-order valence-electron chi connectivity index (χ2n) is 4.74. The van der Waals surface area contributed by atoms with E-state index in [1.165, 1.54) is 18.2 Å². The van der Waals surface area contributed by atoms with Crippen LogP contribution in [0.25, 0.3) is 11.3 Å². The fourth-order valence-electron chi connectivity index (χ4n) is 2.04. The molecule has 0 unspecified atom stereocenters. The van der Waals surface area contributed by atoms with Crippen LogP contribution in [-0.2, 0) is 0 Å². The smallest absolute Gasteiger partial charge is 0.357 e. The third kappa shape index (κ3) is 2.88. The molecule has 0 bridgehead atoms. The van der Waals surface area contributed by atoms with Crippen LogP contribution in [0.3, 0.4) is 0 Å². The van der Waals surface area contributed by atoms with Gasteiger partial charge in [-0.15, -0.1) is 0 Å². The first-order valence-corrected chi connectivity index (χ1v) is 6.60. The van der Waals surface area contributed by atoms with Gasteiger partial charge in [0.15, 0.2) is 5.56 Å². The maximum Gasteiger partial charge on any atom is 0.357 e. The molecule has 5 N–H and O–H groups in total. The van der Waals surface area contributed by atoms with Crippen molar-refractivity contribution >= 4 is 11.6 Å². The summed E-state index contributed by atoms with van der Waals surface area (Å²) in [5.41, 5.74) is -1.63. The number of benzene rings is 1. The molecular weight excluding hydrogens is 320 g/mol. The highest BCUT2D eigenvalue weighted by Crippen LogP contribution is 2.19. The number of nitrogens with one attached hydrogen (secondary N) is 4. The van der Waals surface area contributed by atoms with Crippen molar-refractivity contribution in [3.05, 3.63) is 67.2 Å². The molecule has 10 nitrogen and oxygen atoms in total. The fourth-order valence-corrected chi connectivity index (χ4v) is 2.04. The highest BCUT2D eigenvalue weighted by atomic mass is 16.5. The molecule has 0 aliphatic rings. The van der Waals surface area contributed by atoms with E-state index in [1.807, 2.05) is 9.97 Å². The molecule has 0 spiro atoms. The average molecular weight is 330 g/mol. The van der Waals surface area contributed by atoms with Gasteiger partial charge >= 0.3 is 11.3 Å². The number of hydrogen-bond donors (Lipinski definition) is 5. The molecule has 0 saturated carbocycles. The van der Waals surface area contributed by atoms with Crippen LogP contribution in [-0.4, -0.2) is 26.1 Å². The number of aromatic amines is 3. The number of carbonyl (C=O) groups excluding carboxylic acids is 1. The van der Waals surface area contributed by atoms with Crippen molar-refractivity contribution in [3.8, 4) is 17.1 Å². The normalized spacial score (nSPS) is 10.5. The maximum absolute atomic E-state index is 12.0. The summed E-state index contributed by atoms with van der Waals surface area (Å²) in [6.07, 6.45) is 0. The molecule has 2 aromatic heterocycles. The Labute approximate surface area is 131 Å². The third-order valence-electron chi connectivity index (χ3n) is 3.13. The SMILES string of the molecule is O=C(Nc1ccc(-c2cc(=O)o[nH]2)cc1)c1c(O)[nH]c(=O)[nH]c1=O. The van der Waals surface area contributed by atoms with Crippen molar-refractivity contribution < 1.29 is 14.4 Å². The van der Waals surface area contributed by atoms with Crippen molar-refractivity contribution in [1.29, 1.82) is 0 Å². The van der Waals surface area contributed by atoms with E-state index in [2.05, 4.69) is 15.0 Å². The van der Waals surface area contributed by atoms with Crippen LogP contribution >= 0.6 is 0 Å². The highest BCUT2D eigenvalue weighted by molar-refractivity contribution is 6.05. The van der Waals surface area contributed by atoms with E-state index < -0.39 is 34.2 Å². The number of hydrogen-bond acceptors (Lipinski definition) is 6. The van der Waals surface area contributed by atoms with Crippen molar-refractivity contribution in [2.45, 2.75) is 0 Å². The standard InChI is InChI=1S/C14H10N4O6/c19-9-5-8(18-24-9)6-1-3-7(4-2-6)15-11(20)10-12(21)16-14(23)17-13(10)22/h1-5,18H,(H,15,20)(H3,16,17,21,22,23). The molecule has 0 fully saturated rings. The highest BCUT2D eigenvalue weighted by Gasteiger charge is 2.17. The Bertz CT molecular complexity index is 1070. The molecule has 0 radical (unpaired) electrons. The van der Waals surface area contributed by atoms with Gasteiger partial charge in [0, 0.05) is 11.3 Å². The van der Waals surface area contributed by atoms with Crippen LogP contribution < -0.4 is 22.2 Å². The average Bonchev–Trinajstić information content (AvgIpc) is 2.93. The van der Waals surface area contributed by atoms with Gasteiger partial charge in [-0.1, -0.05) is 12.1 Å². The first kappa shape index (κ1) is 15.1. The summed E-state index contributed by atoms with van der Waals surface area (Å²) in [6.45, 7) is 0. The predicted octanol–water partition coefficient (Wildman–Crippen LogP) is -0.0306. The lowest BCUT2D eigenvalue weighted by Gasteiger charge is -2.06. The van der Waals surface area contributed by atoms with Crippen LogP contribution in [0.4, 0.5) is 5.69 Å². The zero-order chi connectivity index (χ0) is 17.3. The Hall–Kier alpha value is -3.82. The van der Waals surface area contributed by atoms with Crippen LogP contribution in [0.1, 0.15) is 10.4 Å². The summed E-state index contributed by atoms with van der Waals surface area (Å²) >= 11 is 0. The lowest BCUT2D eigenvalue weighted by molar-refractivity contribution is 0.102. The number of anilines is 1. The molecule has 24 heavy (non-hydrogen) atoms. The molecule has 0 aliphatic carbocycles. The Morgan fingerprint density at radius 3 is 2.38 bits per heavy atom. The fraction of sp³-hybridized carbons (Fsp3) is 0. The quantitative estimate of drug-likeness (QED) is 0.453. The van der Waals surface area contributed by atoms with E-state index >= 15 is 0 Å². The number of aromatic nitrogens is 3. The molecule has 10 heteroatoms. The summed E-state index contributed by atoms with van der Waals surface area (Å²) < 4.78 is 4.56. The molecule has 1 amide bonds. The van der Waals surface area contributed by atoms with Gasteiger partial charge in [0.05, 0.1) is 11.8 Å². The van der Waals surface area contributed by atoms with Crippen molar-refractivity contribution in [3.63, 3.8) is 0 Å². The zero-order valence-electron chi connectivity index (χ0n) is 11.9. The van der Waals surface area contributed by atoms with Gasteiger partial charge in [-0.3, -0.25) is 19.6 Å². The lowest BCUT2D eigenvalue weighted by atomic mass is 10.1. The molecule has 122 valence electrons. The third-order valence-corrected chi connectivity index (χ3v) is 3.13. The van der Waals surface area contributed by atoms with Gasteiger partial charge < -0.3 is 14.9 Å². The van der Waals surface area contributed by atoms with E-state index in [4.69, 9.17) is 0 Å². The number of carbonyl (C=O) groups is 1. The van der Waals surface area contributed by atoms with Crippen molar-refractivity contribution in [2.75, 3.05) is 5.32 Å². The van der Waals surface area contributed by atoms with Gasteiger partial charge in [-0.2, -0.15) is 0 Å². The number of H-pyrrole nitrogens is 3. The molecule has 0 saturated heterocycles. The monoisotopic (exact) mass is 330 g/mol. The Kier molecular flexibility index (Phi) is 3.62. The second-order valence-corrected chi connectivity index (χ2v) is 4.74. The summed E-state index contributed by atoms with van der Waals surface area (Å²) in [7, 11) is 0. The Balaban J connectivity index is 1.84. The van der Waals surface area contributed by atoms with Crippen LogP contribution in [0.2, 0.25) is 0 Å². The molecule has 0 atom stereocenters. The summed E-state index contributed by atoms with van der Waals surface area (Å²) in [6, 6.07) is 7.52. The Morgan fingerprint density at radius 1 is 1.08 bits per heavy atom. The summed E-state index contributed by atoms with van der Waals surface area (Å²) in [4.78, 5) is 49.4. The minimum absolute atomic E-state index is 0.333. The first-order valence-electron chi connectivity index (χ1n) is 6.60. The molecule has 1 aromatic carbocycles. The van der Waals surface area contributed by atoms with Gasteiger partial charge in [0.25, 0.3) is 11.5 Å². The summed E-state index contributed by atoms with van der Waals surface area (Å²) in [5.74, 6) is -1.72. The van der Waals surface area contributed by atoms with E-state index in [9.17, 15) is 24.3 Å². The van der Waals surface area contributed by atoms with Crippen molar-refractivity contribution in [2.24, 2.45) is 0 Å². The number of amides is 1. The van der Waals surface area contributed by atoms with E-state index in [0.29, 0.717) is 16.9 Å². The van der Waals surface area contributed by atoms with Crippen LogP contribution in [0.5, 0.6) is 5.88 Å². The molecule has 0 aliphatic heterocycles. The predicted molar refractivity (Wildman–Crippen MR) is 82.1 cm³/mol. The lowest BCUT2D eigenvalue weighted by Crippen LogP contribution is -2.30. The number of aromatic hydroxyl groups is 1. The first-order chi connectivity index (χ1) is 11.4. The van der Waals surface area contributed by atoms with Gasteiger partial charge in [0.1, 0.15) is 0 Å². The van der Waals surface area contributed by atoms with Crippen LogP contribution in [0, 0.1) is 0 Å². The maximum atomic E-state index is 12.0. The Morgan fingerprint density at radius 2 is 1.79 bits per heavy atom.